The van der Waals surface area contributed by atoms with E-state index in [9.17, 15) is 4.79 Å². The molecule has 0 fully saturated rings. The molecule has 0 spiro atoms. The van der Waals surface area contributed by atoms with Crippen LogP contribution >= 0.6 is 0 Å². The van der Waals surface area contributed by atoms with Gasteiger partial charge in [0.15, 0.2) is 5.78 Å². The summed E-state index contributed by atoms with van der Waals surface area (Å²) in [5, 5.41) is 0. The monoisotopic (exact) mass is 241 g/mol. The number of nitrogens with one attached hydrogen (secondary N) is 1. The van der Waals surface area contributed by atoms with Crippen LogP contribution < -0.4 is 0 Å². The largest absolute Gasteiger partial charge is 0.358 e. The van der Waals surface area contributed by atoms with Gasteiger partial charge in [-0.25, -0.2) is 0 Å². The summed E-state index contributed by atoms with van der Waals surface area (Å²) in [4.78, 5) is 15.7. The fourth-order valence-electron chi connectivity index (χ4n) is 2.00. The third-order valence-electron chi connectivity index (χ3n) is 2.94. The Kier molecular flexibility index (Phi) is 3.12. The lowest BCUT2D eigenvalue weighted by Gasteiger charge is -2.16. The van der Waals surface area contributed by atoms with Gasteiger partial charge in [-0.05, 0) is 18.6 Å². The third kappa shape index (κ3) is 2.37. The summed E-state index contributed by atoms with van der Waals surface area (Å²) < 4.78 is 0. The molecule has 94 valence electrons. The number of ketones is 1. The summed E-state index contributed by atoms with van der Waals surface area (Å²) >= 11 is 0. The molecule has 2 rings (SSSR count). The fourth-order valence-corrected chi connectivity index (χ4v) is 2.00. The number of benzene rings is 1. The highest BCUT2D eigenvalue weighted by atomic mass is 16.1. The van der Waals surface area contributed by atoms with Crippen LogP contribution in [0.2, 0.25) is 0 Å². The zero-order chi connectivity index (χ0) is 13.3. The SMILES string of the molecule is Cc1cc(C(=O)C(C)(C)C)c(-c2ccccc2)[nH]1. The van der Waals surface area contributed by atoms with Crippen molar-refractivity contribution in [2.45, 2.75) is 27.7 Å². The maximum atomic E-state index is 12.5. The quantitative estimate of drug-likeness (QED) is 0.784. The summed E-state index contributed by atoms with van der Waals surface area (Å²) in [6.07, 6.45) is 0. The van der Waals surface area contributed by atoms with Crippen molar-refractivity contribution in [3.05, 3.63) is 47.7 Å². The molecule has 2 heteroatoms. The minimum absolute atomic E-state index is 0.172. The Labute approximate surface area is 108 Å². The van der Waals surface area contributed by atoms with Crippen LogP contribution in [0.1, 0.15) is 36.8 Å². The van der Waals surface area contributed by atoms with E-state index in [1.807, 2.05) is 64.1 Å². The first-order valence-corrected chi connectivity index (χ1v) is 6.19. The molecule has 18 heavy (non-hydrogen) atoms. The molecule has 0 atom stereocenters. The molecule has 1 heterocycles. The number of aromatic amines is 1. The minimum Gasteiger partial charge on any atom is -0.358 e. The van der Waals surface area contributed by atoms with E-state index >= 15 is 0 Å². The van der Waals surface area contributed by atoms with Crippen LogP contribution in [0.5, 0.6) is 0 Å². The lowest BCUT2D eigenvalue weighted by Crippen LogP contribution is -2.20. The van der Waals surface area contributed by atoms with Gasteiger partial charge in [-0.1, -0.05) is 51.1 Å². The first-order chi connectivity index (χ1) is 8.39. The van der Waals surface area contributed by atoms with Crippen molar-refractivity contribution in [1.29, 1.82) is 0 Å². The van der Waals surface area contributed by atoms with Gasteiger partial charge in [-0.3, -0.25) is 4.79 Å². The van der Waals surface area contributed by atoms with E-state index in [1.54, 1.807) is 0 Å². The van der Waals surface area contributed by atoms with E-state index in [4.69, 9.17) is 0 Å². The maximum absolute atomic E-state index is 12.5. The predicted molar refractivity (Wildman–Crippen MR) is 74.8 cm³/mol. The van der Waals surface area contributed by atoms with Crippen molar-refractivity contribution in [3.8, 4) is 11.3 Å². The van der Waals surface area contributed by atoms with Crippen LogP contribution in [0.4, 0.5) is 0 Å². The van der Waals surface area contributed by atoms with E-state index in [0.29, 0.717) is 0 Å². The van der Waals surface area contributed by atoms with Gasteiger partial charge in [0.05, 0.1) is 5.69 Å². The number of hydrogen-bond acceptors (Lipinski definition) is 1. The van der Waals surface area contributed by atoms with Crippen LogP contribution in [0.3, 0.4) is 0 Å². The Bertz CT molecular complexity index is 559. The molecule has 1 aromatic heterocycles. The molecular formula is C16H19NO. The molecule has 2 aromatic rings. The van der Waals surface area contributed by atoms with Crippen molar-refractivity contribution >= 4 is 5.78 Å². The molecule has 0 saturated carbocycles. The van der Waals surface area contributed by atoms with Crippen LogP contribution in [-0.2, 0) is 0 Å². The number of carbonyl (C=O) groups excluding carboxylic acids is 1. The fraction of sp³-hybridized carbons (Fsp3) is 0.312. The maximum Gasteiger partial charge on any atom is 0.170 e. The number of rotatable bonds is 2. The van der Waals surface area contributed by atoms with Crippen LogP contribution in [0.25, 0.3) is 11.3 Å². The van der Waals surface area contributed by atoms with E-state index in [-0.39, 0.29) is 11.2 Å². The molecule has 0 amide bonds. The van der Waals surface area contributed by atoms with Crippen molar-refractivity contribution in [2.75, 3.05) is 0 Å². The molecule has 1 N–H and O–H groups in total. The molecule has 0 aliphatic heterocycles. The Morgan fingerprint density at radius 3 is 2.28 bits per heavy atom. The highest BCUT2D eigenvalue weighted by Crippen LogP contribution is 2.29. The summed E-state index contributed by atoms with van der Waals surface area (Å²) in [7, 11) is 0. The van der Waals surface area contributed by atoms with Crippen molar-refractivity contribution in [2.24, 2.45) is 5.41 Å². The molecular weight excluding hydrogens is 222 g/mol. The number of Topliss-reactive ketones (excluding diaryl/α,β-unsaturated/α-hetero) is 1. The van der Waals surface area contributed by atoms with Crippen LogP contribution in [-0.4, -0.2) is 10.8 Å². The topological polar surface area (TPSA) is 32.9 Å². The summed E-state index contributed by atoms with van der Waals surface area (Å²) in [6, 6.07) is 11.9. The highest BCUT2D eigenvalue weighted by Gasteiger charge is 2.26. The smallest absolute Gasteiger partial charge is 0.170 e. The second-order valence-electron chi connectivity index (χ2n) is 5.69. The zero-order valence-corrected chi connectivity index (χ0v) is 11.4. The number of aryl methyl sites for hydroxylation is 1. The van der Waals surface area contributed by atoms with Gasteiger partial charge in [0.2, 0.25) is 0 Å². The van der Waals surface area contributed by atoms with E-state index in [2.05, 4.69) is 4.98 Å². The molecule has 0 unspecified atom stereocenters. The molecule has 2 nitrogen and oxygen atoms in total. The van der Waals surface area contributed by atoms with Gasteiger partial charge in [0.25, 0.3) is 0 Å². The summed E-state index contributed by atoms with van der Waals surface area (Å²) in [6.45, 7) is 7.83. The molecule has 0 aliphatic carbocycles. The Morgan fingerprint density at radius 1 is 1.11 bits per heavy atom. The van der Waals surface area contributed by atoms with E-state index < -0.39 is 0 Å². The van der Waals surface area contributed by atoms with Gasteiger partial charge >= 0.3 is 0 Å². The average Bonchev–Trinajstić information content (AvgIpc) is 2.70. The molecule has 0 saturated heterocycles. The van der Waals surface area contributed by atoms with Gasteiger partial charge in [0, 0.05) is 16.7 Å². The van der Waals surface area contributed by atoms with Gasteiger partial charge in [-0.15, -0.1) is 0 Å². The first kappa shape index (κ1) is 12.6. The average molecular weight is 241 g/mol. The summed E-state index contributed by atoms with van der Waals surface area (Å²) in [5.74, 6) is 0.172. The second kappa shape index (κ2) is 4.45. The normalized spacial score (nSPS) is 11.6. The molecule has 1 aromatic carbocycles. The van der Waals surface area contributed by atoms with Crippen molar-refractivity contribution in [3.63, 3.8) is 0 Å². The first-order valence-electron chi connectivity index (χ1n) is 6.19. The Hall–Kier alpha value is -1.83. The number of aromatic nitrogens is 1. The number of hydrogen-bond donors (Lipinski definition) is 1. The third-order valence-corrected chi connectivity index (χ3v) is 2.94. The zero-order valence-electron chi connectivity index (χ0n) is 11.4. The number of H-pyrrole nitrogens is 1. The van der Waals surface area contributed by atoms with Crippen molar-refractivity contribution in [1.82, 2.24) is 4.98 Å². The van der Waals surface area contributed by atoms with Gasteiger partial charge in [0.1, 0.15) is 0 Å². The van der Waals surface area contributed by atoms with Crippen LogP contribution in [0.15, 0.2) is 36.4 Å². The number of carbonyl (C=O) groups is 1. The van der Waals surface area contributed by atoms with Crippen molar-refractivity contribution < 1.29 is 4.79 Å². The van der Waals surface area contributed by atoms with Gasteiger partial charge in [-0.2, -0.15) is 0 Å². The van der Waals surface area contributed by atoms with E-state index in [1.165, 1.54) is 0 Å². The van der Waals surface area contributed by atoms with Crippen LogP contribution in [0, 0.1) is 12.3 Å². The Balaban J connectivity index is 2.54. The highest BCUT2D eigenvalue weighted by molar-refractivity contribution is 6.04. The molecule has 0 radical (unpaired) electrons. The van der Waals surface area contributed by atoms with E-state index in [0.717, 1.165) is 22.5 Å². The second-order valence-corrected chi connectivity index (χ2v) is 5.69. The molecule has 0 aliphatic rings. The predicted octanol–water partition coefficient (Wildman–Crippen LogP) is 4.22. The lowest BCUT2D eigenvalue weighted by atomic mass is 9.85. The lowest BCUT2D eigenvalue weighted by molar-refractivity contribution is 0.0859. The van der Waals surface area contributed by atoms with Gasteiger partial charge < -0.3 is 4.98 Å². The Morgan fingerprint density at radius 2 is 1.72 bits per heavy atom. The summed E-state index contributed by atoms with van der Waals surface area (Å²) in [5.41, 5.74) is 3.41. The standard InChI is InChI=1S/C16H19NO/c1-11-10-13(15(18)16(2,3)4)14(17-11)12-8-6-5-7-9-12/h5-10,17H,1-4H3. The minimum atomic E-state index is -0.363. The molecule has 0 bridgehead atoms.